The minimum absolute atomic E-state index is 0.0617. The highest BCUT2D eigenvalue weighted by atomic mass is 16.6. The number of carboxylic acids is 1. The molecule has 0 bridgehead atoms. The molecule has 0 heterocycles. The molecule has 0 aromatic heterocycles. The Bertz CT molecular complexity index is 1170. The molecule has 0 saturated heterocycles. The van der Waals surface area contributed by atoms with Gasteiger partial charge in [0.1, 0.15) is 12.4 Å². The summed E-state index contributed by atoms with van der Waals surface area (Å²) in [6.07, 6.45) is 4.87. The number of rotatable bonds is 14. The molecule has 3 rings (SSSR count). The maximum atomic E-state index is 11.9. The van der Waals surface area contributed by atoms with Crippen LogP contribution >= 0.6 is 0 Å². The number of fused-ring (bicyclic) bond motifs is 2. The van der Waals surface area contributed by atoms with Crippen LogP contribution in [0.2, 0.25) is 0 Å². The molecule has 0 saturated carbocycles. The molecule has 0 radical (unpaired) electrons. The highest BCUT2D eigenvalue weighted by Gasteiger charge is 2.18. The second-order valence-corrected chi connectivity index (χ2v) is 8.67. The van der Waals surface area contributed by atoms with Gasteiger partial charge in [0.15, 0.2) is 6.10 Å². The summed E-state index contributed by atoms with van der Waals surface area (Å²) in [6.45, 7) is 8.69. The fourth-order valence-corrected chi connectivity index (χ4v) is 4.24. The third-order valence-corrected chi connectivity index (χ3v) is 6.17. The van der Waals surface area contributed by atoms with Crippen molar-refractivity contribution in [3.63, 3.8) is 0 Å². The molecule has 0 aliphatic rings. The summed E-state index contributed by atoms with van der Waals surface area (Å²) >= 11 is 0. The Morgan fingerprint density at radius 2 is 1.77 bits per heavy atom. The van der Waals surface area contributed by atoms with Crippen molar-refractivity contribution in [2.45, 2.75) is 45.6 Å². The maximum absolute atomic E-state index is 11.9. The molecule has 3 aromatic carbocycles. The van der Waals surface area contributed by atoms with E-state index >= 15 is 0 Å². The van der Waals surface area contributed by atoms with Crippen LogP contribution in [0.3, 0.4) is 0 Å². The van der Waals surface area contributed by atoms with Crippen molar-refractivity contribution < 1.29 is 28.9 Å². The second kappa shape index (κ2) is 12.9. The van der Waals surface area contributed by atoms with Gasteiger partial charge in [0, 0.05) is 23.5 Å². The summed E-state index contributed by atoms with van der Waals surface area (Å²) in [5.41, 5.74) is 0.174. The lowest BCUT2D eigenvalue weighted by Gasteiger charge is -2.20. The molecular formula is C29H34O6. The Morgan fingerprint density at radius 1 is 1.00 bits per heavy atom. The normalized spacial score (nSPS) is 12.9. The van der Waals surface area contributed by atoms with Gasteiger partial charge in [-0.15, -0.1) is 0 Å². The molecule has 6 heteroatoms. The number of hydrogen-bond acceptors (Lipinski definition) is 5. The van der Waals surface area contributed by atoms with Crippen LogP contribution in [0.1, 0.15) is 49.9 Å². The van der Waals surface area contributed by atoms with Gasteiger partial charge in [0.2, 0.25) is 0 Å². The molecule has 186 valence electrons. The van der Waals surface area contributed by atoms with Crippen LogP contribution in [0.5, 0.6) is 5.75 Å². The van der Waals surface area contributed by atoms with Gasteiger partial charge in [0.25, 0.3) is 0 Å². The fraction of sp³-hybridized carbons (Fsp3) is 0.379. The molecule has 3 aromatic rings. The van der Waals surface area contributed by atoms with Gasteiger partial charge in [-0.05, 0) is 41.3 Å². The van der Waals surface area contributed by atoms with Gasteiger partial charge in [-0.3, -0.25) is 0 Å². The Morgan fingerprint density at radius 3 is 2.49 bits per heavy atom. The van der Waals surface area contributed by atoms with E-state index in [1.165, 1.54) is 6.42 Å². The Balaban J connectivity index is 1.81. The first-order chi connectivity index (χ1) is 17.0. The quantitative estimate of drug-likeness (QED) is 0.125. The van der Waals surface area contributed by atoms with Gasteiger partial charge >= 0.3 is 11.9 Å². The fourth-order valence-electron chi connectivity index (χ4n) is 4.24. The zero-order chi connectivity index (χ0) is 25.2. The third-order valence-electron chi connectivity index (χ3n) is 6.17. The Kier molecular flexibility index (Phi) is 9.67. The van der Waals surface area contributed by atoms with E-state index in [0.717, 1.165) is 41.5 Å². The molecule has 35 heavy (non-hydrogen) atoms. The zero-order valence-corrected chi connectivity index (χ0v) is 20.5. The predicted octanol–water partition coefficient (Wildman–Crippen LogP) is 6.40. The van der Waals surface area contributed by atoms with Crippen LogP contribution in [-0.4, -0.2) is 43.0 Å². The first-order valence-electron chi connectivity index (χ1n) is 12.2. The topological polar surface area (TPSA) is 82.1 Å². The summed E-state index contributed by atoms with van der Waals surface area (Å²) in [4.78, 5) is 23.5. The largest absolute Gasteiger partial charge is 0.488 e. The van der Waals surface area contributed by atoms with Crippen LogP contribution < -0.4 is 4.74 Å². The lowest BCUT2D eigenvalue weighted by Crippen LogP contribution is -2.29. The van der Waals surface area contributed by atoms with Crippen LogP contribution in [0.25, 0.3) is 21.5 Å². The summed E-state index contributed by atoms with van der Waals surface area (Å²) in [5.74, 6) is -0.382. The highest BCUT2D eigenvalue weighted by Crippen LogP contribution is 2.35. The lowest BCUT2D eigenvalue weighted by atomic mass is 9.98. The number of benzene rings is 3. The molecule has 0 spiro atoms. The molecule has 0 aliphatic carbocycles. The molecule has 2 atom stereocenters. The van der Waals surface area contributed by atoms with E-state index < -0.39 is 18.0 Å². The number of hydrogen-bond donors (Lipinski definition) is 1. The Labute approximate surface area is 206 Å². The van der Waals surface area contributed by atoms with E-state index in [1.54, 1.807) is 18.2 Å². The van der Waals surface area contributed by atoms with E-state index in [2.05, 4.69) is 20.4 Å². The summed E-state index contributed by atoms with van der Waals surface area (Å²) in [7, 11) is 0. The number of carbonyl (C=O) groups excluding carboxylic acids is 1. The average Bonchev–Trinajstić information content (AvgIpc) is 2.87. The Hall–Kier alpha value is -3.38. The third kappa shape index (κ3) is 7.06. The summed E-state index contributed by atoms with van der Waals surface area (Å²) < 4.78 is 17.6. The zero-order valence-electron chi connectivity index (χ0n) is 20.5. The molecule has 2 unspecified atom stereocenters. The van der Waals surface area contributed by atoms with Crippen molar-refractivity contribution in [2.75, 3.05) is 19.8 Å². The lowest BCUT2D eigenvalue weighted by molar-refractivity contribution is -0.148. The predicted molar refractivity (Wildman–Crippen MR) is 138 cm³/mol. The minimum Gasteiger partial charge on any atom is -0.488 e. The van der Waals surface area contributed by atoms with E-state index in [0.29, 0.717) is 23.7 Å². The first kappa shape index (κ1) is 26.2. The molecular weight excluding hydrogens is 444 g/mol. The van der Waals surface area contributed by atoms with E-state index in [1.807, 2.05) is 30.3 Å². The molecule has 1 N–H and O–H groups in total. The number of aromatic carboxylic acids is 1. The van der Waals surface area contributed by atoms with Crippen LogP contribution in [0, 0.1) is 5.92 Å². The number of ether oxygens (including phenoxy) is 3. The van der Waals surface area contributed by atoms with Crippen molar-refractivity contribution in [1.82, 2.24) is 0 Å². The van der Waals surface area contributed by atoms with E-state index in [9.17, 15) is 14.7 Å². The van der Waals surface area contributed by atoms with Crippen molar-refractivity contribution in [2.24, 2.45) is 5.92 Å². The summed E-state index contributed by atoms with van der Waals surface area (Å²) in [6, 6.07) is 14.7. The van der Waals surface area contributed by atoms with Crippen molar-refractivity contribution in [1.29, 1.82) is 0 Å². The van der Waals surface area contributed by atoms with Gasteiger partial charge in [0.05, 0.1) is 12.2 Å². The SMILES string of the molecule is C=CC(=O)OC(COCCC(CC)CCC)COc1c2ccccc2cc2ccc(C(=O)O)cc12. The minimum atomic E-state index is -1.01. The van der Waals surface area contributed by atoms with Gasteiger partial charge in [-0.1, -0.05) is 70.0 Å². The average molecular weight is 479 g/mol. The summed E-state index contributed by atoms with van der Waals surface area (Å²) in [5, 5.41) is 12.8. The smallest absolute Gasteiger partial charge is 0.335 e. The van der Waals surface area contributed by atoms with Crippen molar-refractivity contribution in [3.05, 3.63) is 66.7 Å². The van der Waals surface area contributed by atoms with Crippen LogP contribution in [0.4, 0.5) is 0 Å². The number of carboxylic acid groups (broad SMARTS) is 1. The molecule has 0 fully saturated rings. The van der Waals surface area contributed by atoms with Crippen LogP contribution in [0.15, 0.2) is 61.2 Å². The molecule has 0 aliphatic heterocycles. The van der Waals surface area contributed by atoms with Crippen LogP contribution in [-0.2, 0) is 14.3 Å². The first-order valence-corrected chi connectivity index (χ1v) is 12.2. The van der Waals surface area contributed by atoms with Gasteiger partial charge < -0.3 is 19.3 Å². The van der Waals surface area contributed by atoms with Crippen molar-refractivity contribution in [3.8, 4) is 5.75 Å². The maximum Gasteiger partial charge on any atom is 0.335 e. The highest BCUT2D eigenvalue weighted by molar-refractivity contribution is 6.07. The van der Waals surface area contributed by atoms with E-state index in [4.69, 9.17) is 14.2 Å². The van der Waals surface area contributed by atoms with Gasteiger partial charge in [-0.2, -0.15) is 0 Å². The number of carbonyl (C=O) groups is 2. The second-order valence-electron chi connectivity index (χ2n) is 8.67. The molecule has 6 nitrogen and oxygen atoms in total. The van der Waals surface area contributed by atoms with Crippen molar-refractivity contribution >= 4 is 33.5 Å². The molecule has 0 amide bonds. The monoisotopic (exact) mass is 478 g/mol. The number of esters is 1. The van der Waals surface area contributed by atoms with E-state index in [-0.39, 0.29) is 18.8 Å². The standard InChI is InChI=1S/C29H34O6/c1-4-9-20(5-2)14-15-33-18-24(35-27(30)6-3)19-34-28-25-11-8-7-10-21(25)16-22-12-13-23(29(31)32)17-26(22)28/h6-8,10-13,16-17,20,24H,3-5,9,14-15,18-19H2,1-2H3,(H,31,32). The van der Waals surface area contributed by atoms with Gasteiger partial charge in [-0.25, -0.2) is 9.59 Å².